The van der Waals surface area contributed by atoms with Crippen LogP contribution in [0.1, 0.15) is 17.3 Å². The van der Waals surface area contributed by atoms with Gasteiger partial charge in [-0.1, -0.05) is 0 Å². The van der Waals surface area contributed by atoms with Crippen molar-refractivity contribution in [1.29, 1.82) is 0 Å². The molecule has 0 radical (unpaired) electrons. The fourth-order valence-electron chi connectivity index (χ4n) is 0.889. The lowest BCUT2D eigenvalue weighted by Crippen LogP contribution is -2.17. The van der Waals surface area contributed by atoms with Gasteiger partial charge in [-0.25, -0.2) is 4.98 Å². The molecule has 12 heavy (non-hydrogen) atoms. The molecule has 68 valence electrons. The van der Waals surface area contributed by atoms with E-state index in [0.717, 1.165) is 11.5 Å². The number of aryl methyl sites for hydroxylation is 2. The fourth-order valence-corrected chi connectivity index (χ4v) is 0.889. The Morgan fingerprint density at radius 2 is 2.25 bits per heavy atom. The van der Waals surface area contributed by atoms with Crippen LogP contribution in [0.5, 0.6) is 0 Å². The van der Waals surface area contributed by atoms with Crippen LogP contribution < -0.4 is 5.32 Å². The second-order valence-corrected chi connectivity index (χ2v) is 2.65. The van der Waals surface area contributed by atoms with Gasteiger partial charge >= 0.3 is 0 Å². The summed E-state index contributed by atoms with van der Waals surface area (Å²) in [5.41, 5.74) is 0.927. The van der Waals surface area contributed by atoms with Gasteiger partial charge in [0.2, 0.25) is 5.89 Å². The van der Waals surface area contributed by atoms with E-state index in [0.29, 0.717) is 19.0 Å². The lowest BCUT2D eigenvalue weighted by molar-refractivity contribution is 0.289. The van der Waals surface area contributed by atoms with E-state index < -0.39 is 0 Å². The molecule has 1 aromatic heterocycles. The van der Waals surface area contributed by atoms with E-state index in [2.05, 4.69) is 10.3 Å². The maximum Gasteiger partial charge on any atom is 0.208 e. The first-order valence-electron chi connectivity index (χ1n) is 3.98. The van der Waals surface area contributed by atoms with Gasteiger partial charge in [0.1, 0.15) is 5.76 Å². The Hall–Kier alpha value is -0.870. The highest BCUT2D eigenvalue weighted by Gasteiger charge is 2.03. The van der Waals surface area contributed by atoms with Crippen molar-refractivity contribution >= 4 is 0 Å². The first kappa shape index (κ1) is 9.22. The zero-order valence-corrected chi connectivity index (χ0v) is 7.42. The van der Waals surface area contributed by atoms with E-state index in [4.69, 9.17) is 9.52 Å². The number of nitrogens with one attached hydrogen (secondary N) is 1. The van der Waals surface area contributed by atoms with Gasteiger partial charge in [0.25, 0.3) is 0 Å². The molecule has 0 fully saturated rings. The molecule has 0 aliphatic heterocycles. The van der Waals surface area contributed by atoms with E-state index in [1.54, 1.807) is 0 Å². The summed E-state index contributed by atoms with van der Waals surface area (Å²) in [4.78, 5) is 4.17. The molecule has 1 heterocycles. The standard InChI is InChI=1S/C8H14N2O2/c1-6-7(2)12-8(10-6)5-9-3-4-11/h9,11H,3-5H2,1-2H3. The highest BCUT2D eigenvalue weighted by atomic mass is 16.4. The summed E-state index contributed by atoms with van der Waals surface area (Å²) in [6, 6.07) is 0. The Balaban J connectivity index is 2.42. The van der Waals surface area contributed by atoms with Crippen molar-refractivity contribution in [3.8, 4) is 0 Å². The summed E-state index contributed by atoms with van der Waals surface area (Å²) in [6.07, 6.45) is 0. The monoisotopic (exact) mass is 170 g/mol. The van der Waals surface area contributed by atoms with Crippen LogP contribution in [-0.4, -0.2) is 23.2 Å². The smallest absolute Gasteiger partial charge is 0.208 e. The largest absolute Gasteiger partial charge is 0.444 e. The molecule has 0 aromatic carbocycles. The van der Waals surface area contributed by atoms with Crippen LogP contribution in [0, 0.1) is 13.8 Å². The van der Waals surface area contributed by atoms with Crippen LogP contribution in [0.3, 0.4) is 0 Å². The van der Waals surface area contributed by atoms with E-state index in [1.807, 2.05) is 13.8 Å². The minimum absolute atomic E-state index is 0.138. The van der Waals surface area contributed by atoms with Crippen molar-refractivity contribution in [2.45, 2.75) is 20.4 Å². The quantitative estimate of drug-likeness (QED) is 0.641. The lowest BCUT2D eigenvalue weighted by Gasteiger charge is -1.96. The molecule has 4 heteroatoms. The van der Waals surface area contributed by atoms with Crippen molar-refractivity contribution in [2.24, 2.45) is 0 Å². The van der Waals surface area contributed by atoms with Crippen LogP contribution in [0.4, 0.5) is 0 Å². The Bertz CT molecular complexity index is 226. The third-order valence-corrected chi connectivity index (χ3v) is 1.64. The van der Waals surface area contributed by atoms with Gasteiger partial charge in [0, 0.05) is 6.54 Å². The SMILES string of the molecule is Cc1nc(CNCCO)oc1C. The Morgan fingerprint density at radius 1 is 1.50 bits per heavy atom. The average Bonchev–Trinajstić information content (AvgIpc) is 2.32. The van der Waals surface area contributed by atoms with Crippen LogP contribution in [0.2, 0.25) is 0 Å². The van der Waals surface area contributed by atoms with E-state index >= 15 is 0 Å². The van der Waals surface area contributed by atoms with Crippen LogP contribution in [0.15, 0.2) is 4.42 Å². The van der Waals surface area contributed by atoms with Gasteiger partial charge in [0.15, 0.2) is 0 Å². The highest BCUT2D eigenvalue weighted by molar-refractivity contribution is 5.04. The van der Waals surface area contributed by atoms with Crippen molar-refractivity contribution in [3.05, 3.63) is 17.3 Å². The number of oxazole rings is 1. The first-order valence-corrected chi connectivity index (χ1v) is 3.98. The predicted molar refractivity (Wildman–Crippen MR) is 44.8 cm³/mol. The van der Waals surface area contributed by atoms with Gasteiger partial charge in [0.05, 0.1) is 18.8 Å². The number of aliphatic hydroxyl groups excluding tert-OH is 1. The van der Waals surface area contributed by atoms with E-state index in [-0.39, 0.29) is 6.61 Å². The number of aliphatic hydroxyl groups is 1. The molecule has 0 saturated heterocycles. The lowest BCUT2D eigenvalue weighted by atomic mass is 10.4. The average molecular weight is 170 g/mol. The van der Waals surface area contributed by atoms with Crippen LogP contribution >= 0.6 is 0 Å². The Morgan fingerprint density at radius 3 is 2.75 bits per heavy atom. The molecule has 2 N–H and O–H groups in total. The molecular formula is C8H14N2O2. The molecule has 0 spiro atoms. The summed E-state index contributed by atoms with van der Waals surface area (Å²) in [7, 11) is 0. The van der Waals surface area contributed by atoms with Gasteiger partial charge in [-0.2, -0.15) is 0 Å². The summed E-state index contributed by atoms with van der Waals surface area (Å²) < 4.78 is 5.31. The van der Waals surface area contributed by atoms with Gasteiger partial charge < -0.3 is 14.8 Å². The maximum atomic E-state index is 8.49. The van der Waals surface area contributed by atoms with E-state index in [9.17, 15) is 0 Å². The number of rotatable bonds is 4. The molecule has 1 rings (SSSR count). The number of nitrogens with zero attached hydrogens (tertiary/aromatic N) is 1. The zero-order valence-electron chi connectivity index (χ0n) is 7.42. The number of hydrogen-bond donors (Lipinski definition) is 2. The van der Waals surface area contributed by atoms with Crippen molar-refractivity contribution in [2.75, 3.05) is 13.2 Å². The first-order chi connectivity index (χ1) is 5.74. The Labute approximate surface area is 71.6 Å². The second-order valence-electron chi connectivity index (χ2n) is 2.65. The molecule has 4 nitrogen and oxygen atoms in total. The highest BCUT2D eigenvalue weighted by Crippen LogP contribution is 2.07. The molecule has 0 aliphatic carbocycles. The topological polar surface area (TPSA) is 58.3 Å². The van der Waals surface area contributed by atoms with Crippen molar-refractivity contribution in [3.63, 3.8) is 0 Å². The summed E-state index contributed by atoms with van der Waals surface area (Å²) >= 11 is 0. The minimum Gasteiger partial charge on any atom is -0.444 e. The summed E-state index contributed by atoms with van der Waals surface area (Å²) in [6.45, 7) is 5.08. The molecule has 0 bridgehead atoms. The number of aromatic nitrogens is 1. The van der Waals surface area contributed by atoms with E-state index in [1.165, 1.54) is 0 Å². The predicted octanol–water partition coefficient (Wildman–Crippen LogP) is 0.373. The molecule has 0 atom stereocenters. The molecule has 0 saturated carbocycles. The second kappa shape index (κ2) is 4.23. The van der Waals surface area contributed by atoms with Crippen molar-refractivity contribution < 1.29 is 9.52 Å². The maximum absolute atomic E-state index is 8.49. The molecular weight excluding hydrogens is 156 g/mol. The van der Waals surface area contributed by atoms with Gasteiger partial charge in [-0.05, 0) is 13.8 Å². The van der Waals surface area contributed by atoms with Crippen LogP contribution in [-0.2, 0) is 6.54 Å². The number of hydrogen-bond acceptors (Lipinski definition) is 4. The summed E-state index contributed by atoms with van der Waals surface area (Å²) in [5, 5.41) is 11.5. The third-order valence-electron chi connectivity index (χ3n) is 1.64. The Kier molecular flexibility index (Phi) is 3.25. The molecule has 0 unspecified atom stereocenters. The third kappa shape index (κ3) is 2.32. The molecule has 0 amide bonds. The molecule has 0 aliphatic rings. The fraction of sp³-hybridized carbons (Fsp3) is 0.625. The van der Waals surface area contributed by atoms with Gasteiger partial charge in [-0.15, -0.1) is 0 Å². The minimum atomic E-state index is 0.138. The zero-order chi connectivity index (χ0) is 8.97. The van der Waals surface area contributed by atoms with Crippen LogP contribution in [0.25, 0.3) is 0 Å². The molecule has 1 aromatic rings. The van der Waals surface area contributed by atoms with Gasteiger partial charge in [-0.3, -0.25) is 0 Å². The summed E-state index contributed by atoms with van der Waals surface area (Å²) in [5.74, 6) is 1.54. The van der Waals surface area contributed by atoms with Crippen molar-refractivity contribution in [1.82, 2.24) is 10.3 Å². The normalized spacial score (nSPS) is 10.6.